The van der Waals surface area contributed by atoms with Crippen LogP contribution in [0.3, 0.4) is 0 Å². The van der Waals surface area contributed by atoms with E-state index in [0.29, 0.717) is 11.5 Å². The number of carbonyl (C=O) groups is 1. The molecule has 1 aliphatic rings. The van der Waals surface area contributed by atoms with Crippen LogP contribution in [-0.2, 0) is 9.53 Å². The third-order valence-corrected chi connectivity index (χ3v) is 4.03. The predicted octanol–water partition coefficient (Wildman–Crippen LogP) is 2.66. The smallest absolute Gasteiger partial charge is 0.340 e. The molecule has 0 radical (unpaired) electrons. The molecule has 0 saturated carbocycles. The summed E-state index contributed by atoms with van der Waals surface area (Å²) in [4.78, 5) is 12.5. The van der Waals surface area contributed by atoms with Crippen molar-refractivity contribution in [3.8, 4) is 17.2 Å². The number of methoxy groups -OCH3 is 1. The highest BCUT2D eigenvalue weighted by atomic mass is 16.5. The van der Waals surface area contributed by atoms with E-state index in [1.54, 1.807) is 26.2 Å². The summed E-state index contributed by atoms with van der Waals surface area (Å²) in [5.74, 6) is 0.147. The van der Waals surface area contributed by atoms with Crippen LogP contribution in [0.15, 0.2) is 53.9 Å². The molecule has 0 aromatic heterocycles. The molecular weight excluding hydrogens is 322 g/mol. The van der Waals surface area contributed by atoms with E-state index < -0.39 is 11.9 Å². The molecule has 0 spiro atoms. The van der Waals surface area contributed by atoms with Gasteiger partial charge in [0.25, 0.3) is 0 Å². The minimum absolute atomic E-state index is 0.0302. The summed E-state index contributed by atoms with van der Waals surface area (Å²) in [7, 11) is 1.59. The highest BCUT2D eigenvalue weighted by Crippen LogP contribution is 2.44. The second-order valence-electron chi connectivity index (χ2n) is 5.53. The van der Waals surface area contributed by atoms with Gasteiger partial charge in [0.15, 0.2) is 0 Å². The summed E-state index contributed by atoms with van der Waals surface area (Å²) in [5, 5.41) is 9.71. The Kier molecular flexibility index (Phi) is 4.52. The van der Waals surface area contributed by atoms with Crippen LogP contribution in [-0.4, -0.2) is 24.8 Å². The summed E-state index contributed by atoms with van der Waals surface area (Å²) in [5.41, 5.74) is 7.81. The minimum Gasteiger partial charge on any atom is -0.508 e. The number of phenolic OH excluding ortho intramolecular Hbond substituents is 1. The van der Waals surface area contributed by atoms with Crippen LogP contribution in [0.25, 0.3) is 0 Å². The molecule has 3 N–H and O–H groups in total. The summed E-state index contributed by atoms with van der Waals surface area (Å²) >= 11 is 0. The van der Waals surface area contributed by atoms with Crippen LogP contribution in [0.1, 0.15) is 24.0 Å². The maximum atomic E-state index is 12.5. The molecule has 1 aliphatic heterocycles. The van der Waals surface area contributed by atoms with Gasteiger partial charge >= 0.3 is 5.97 Å². The topological polar surface area (TPSA) is 91.0 Å². The maximum Gasteiger partial charge on any atom is 0.340 e. The first kappa shape index (κ1) is 16.7. The highest BCUT2D eigenvalue weighted by Gasteiger charge is 2.35. The number of ether oxygens (including phenoxy) is 3. The van der Waals surface area contributed by atoms with Gasteiger partial charge in [-0.1, -0.05) is 18.2 Å². The van der Waals surface area contributed by atoms with E-state index in [1.807, 2.05) is 24.3 Å². The van der Waals surface area contributed by atoms with E-state index in [-0.39, 0.29) is 23.8 Å². The number of carbonyl (C=O) groups excluding carboxylic acids is 1. The lowest BCUT2D eigenvalue weighted by molar-refractivity contribution is -0.139. The Morgan fingerprint density at radius 3 is 2.60 bits per heavy atom. The molecule has 1 atom stereocenters. The number of phenols is 1. The van der Waals surface area contributed by atoms with Crippen LogP contribution in [0.5, 0.6) is 17.2 Å². The molecule has 6 heteroatoms. The van der Waals surface area contributed by atoms with Gasteiger partial charge in [0.05, 0.1) is 19.6 Å². The van der Waals surface area contributed by atoms with E-state index in [0.717, 1.165) is 11.1 Å². The molecule has 0 aliphatic carbocycles. The van der Waals surface area contributed by atoms with Crippen LogP contribution in [0, 0.1) is 0 Å². The molecule has 6 nitrogen and oxygen atoms in total. The van der Waals surface area contributed by atoms with E-state index in [1.165, 1.54) is 6.07 Å². The van der Waals surface area contributed by atoms with Gasteiger partial charge in [-0.2, -0.15) is 0 Å². The van der Waals surface area contributed by atoms with Crippen molar-refractivity contribution in [2.24, 2.45) is 5.73 Å². The molecule has 3 rings (SSSR count). The average Bonchev–Trinajstić information content (AvgIpc) is 2.60. The van der Waals surface area contributed by atoms with E-state index >= 15 is 0 Å². The Morgan fingerprint density at radius 1 is 1.24 bits per heavy atom. The lowest BCUT2D eigenvalue weighted by Gasteiger charge is -2.28. The van der Waals surface area contributed by atoms with Gasteiger partial charge < -0.3 is 25.1 Å². The summed E-state index contributed by atoms with van der Waals surface area (Å²) in [6.45, 7) is 1.96. The van der Waals surface area contributed by atoms with Gasteiger partial charge in [-0.15, -0.1) is 0 Å². The number of nitrogens with two attached hydrogens (primary N) is 1. The van der Waals surface area contributed by atoms with Gasteiger partial charge in [0.2, 0.25) is 5.88 Å². The number of hydrogen-bond acceptors (Lipinski definition) is 6. The van der Waals surface area contributed by atoms with Crippen molar-refractivity contribution in [3.05, 3.63) is 65.0 Å². The molecule has 130 valence electrons. The fourth-order valence-corrected chi connectivity index (χ4v) is 2.89. The number of hydrogen-bond donors (Lipinski definition) is 2. The van der Waals surface area contributed by atoms with Crippen LogP contribution >= 0.6 is 0 Å². The second kappa shape index (κ2) is 6.76. The normalized spacial score (nSPS) is 16.0. The molecule has 2 aromatic carbocycles. The van der Waals surface area contributed by atoms with Crippen molar-refractivity contribution >= 4 is 5.97 Å². The van der Waals surface area contributed by atoms with Crippen LogP contribution in [0.2, 0.25) is 0 Å². The van der Waals surface area contributed by atoms with Crippen LogP contribution < -0.4 is 15.2 Å². The Hall–Kier alpha value is -3.15. The molecular formula is C19H19NO5. The zero-order chi connectivity index (χ0) is 18.0. The highest BCUT2D eigenvalue weighted by molar-refractivity contribution is 5.92. The average molecular weight is 341 g/mol. The lowest BCUT2D eigenvalue weighted by Crippen LogP contribution is -2.27. The van der Waals surface area contributed by atoms with Gasteiger partial charge in [-0.05, 0) is 30.7 Å². The largest absolute Gasteiger partial charge is 0.508 e. The predicted molar refractivity (Wildman–Crippen MR) is 91.4 cm³/mol. The standard InChI is InChI=1S/C19H19NO5/c1-3-24-19(22)17-16(11-4-7-13(23-2)8-5-11)14-9-6-12(21)10-15(14)25-18(17)20/h4-10,16,21H,3,20H2,1-2H3/t16-/m0/s1. The van der Waals surface area contributed by atoms with Crippen molar-refractivity contribution in [2.45, 2.75) is 12.8 Å². The lowest BCUT2D eigenvalue weighted by atomic mass is 9.83. The molecule has 0 amide bonds. The minimum atomic E-state index is -0.528. The number of esters is 1. The van der Waals surface area contributed by atoms with Gasteiger partial charge in [-0.25, -0.2) is 4.79 Å². The summed E-state index contributed by atoms with van der Waals surface area (Å²) in [6.07, 6.45) is 0. The third kappa shape index (κ3) is 3.10. The van der Waals surface area contributed by atoms with Gasteiger partial charge in [0, 0.05) is 11.6 Å². The molecule has 25 heavy (non-hydrogen) atoms. The first-order chi connectivity index (χ1) is 12.0. The van der Waals surface area contributed by atoms with Crippen molar-refractivity contribution in [2.75, 3.05) is 13.7 Å². The van der Waals surface area contributed by atoms with Crippen molar-refractivity contribution < 1.29 is 24.1 Å². The van der Waals surface area contributed by atoms with E-state index in [9.17, 15) is 9.90 Å². The Labute approximate surface area is 145 Å². The molecule has 0 fully saturated rings. The number of rotatable bonds is 4. The Bertz CT molecular complexity index is 826. The fraction of sp³-hybridized carbons (Fsp3) is 0.211. The molecule has 1 heterocycles. The SMILES string of the molecule is CCOC(=O)C1=C(N)Oc2cc(O)ccc2[C@@H]1c1ccc(OC)cc1. The fourth-order valence-electron chi connectivity index (χ4n) is 2.89. The zero-order valence-corrected chi connectivity index (χ0v) is 14.0. The van der Waals surface area contributed by atoms with Crippen LogP contribution in [0.4, 0.5) is 0 Å². The maximum absolute atomic E-state index is 12.5. The van der Waals surface area contributed by atoms with E-state index in [2.05, 4.69) is 0 Å². The molecule has 0 bridgehead atoms. The monoisotopic (exact) mass is 341 g/mol. The third-order valence-electron chi connectivity index (χ3n) is 4.03. The van der Waals surface area contributed by atoms with E-state index in [4.69, 9.17) is 19.9 Å². The van der Waals surface area contributed by atoms with Crippen molar-refractivity contribution in [1.29, 1.82) is 0 Å². The molecule has 0 unspecified atom stereocenters. The second-order valence-corrected chi connectivity index (χ2v) is 5.53. The number of aromatic hydroxyl groups is 1. The van der Waals surface area contributed by atoms with Gasteiger partial charge in [-0.3, -0.25) is 0 Å². The first-order valence-corrected chi connectivity index (χ1v) is 7.86. The van der Waals surface area contributed by atoms with Crippen molar-refractivity contribution in [1.82, 2.24) is 0 Å². The Balaban J connectivity index is 2.15. The number of benzene rings is 2. The molecule has 2 aromatic rings. The summed E-state index contributed by atoms with van der Waals surface area (Å²) in [6, 6.07) is 12.1. The van der Waals surface area contributed by atoms with Gasteiger partial charge in [0.1, 0.15) is 22.8 Å². The molecule has 0 saturated heterocycles. The summed E-state index contributed by atoms with van der Waals surface area (Å²) < 4.78 is 15.9. The number of fused-ring (bicyclic) bond motifs is 1. The van der Waals surface area contributed by atoms with Crippen molar-refractivity contribution in [3.63, 3.8) is 0 Å². The Morgan fingerprint density at radius 2 is 1.96 bits per heavy atom. The first-order valence-electron chi connectivity index (χ1n) is 7.86. The zero-order valence-electron chi connectivity index (χ0n) is 14.0. The quantitative estimate of drug-likeness (QED) is 0.831.